The molecular formula is C34H40N6O4. The second kappa shape index (κ2) is 14.2. The predicted octanol–water partition coefficient (Wildman–Crippen LogP) is 4.88. The summed E-state index contributed by atoms with van der Waals surface area (Å²) in [6, 6.07) is 23.3. The highest BCUT2D eigenvalue weighted by Crippen LogP contribution is 2.26. The van der Waals surface area contributed by atoms with Crippen molar-refractivity contribution < 1.29 is 19.1 Å². The van der Waals surface area contributed by atoms with E-state index in [1.807, 2.05) is 90.4 Å². The van der Waals surface area contributed by atoms with Gasteiger partial charge in [0.05, 0.1) is 25.1 Å². The monoisotopic (exact) mass is 596 g/mol. The number of amides is 2. The average molecular weight is 597 g/mol. The van der Waals surface area contributed by atoms with Crippen molar-refractivity contribution in [3.05, 3.63) is 95.3 Å². The second-order valence-corrected chi connectivity index (χ2v) is 10.8. The zero-order valence-electron chi connectivity index (χ0n) is 25.9. The lowest BCUT2D eigenvalue weighted by Crippen LogP contribution is -2.39. The Morgan fingerprint density at radius 1 is 0.909 bits per heavy atom. The lowest BCUT2D eigenvalue weighted by Gasteiger charge is -2.28. The number of methoxy groups -OCH3 is 1. The first-order valence-electron chi connectivity index (χ1n) is 15.0. The van der Waals surface area contributed by atoms with Crippen molar-refractivity contribution in [2.75, 3.05) is 44.8 Å². The van der Waals surface area contributed by atoms with Gasteiger partial charge >= 0.3 is 0 Å². The van der Waals surface area contributed by atoms with Gasteiger partial charge in [-0.3, -0.25) is 14.5 Å². The SMILES string of the molecule is CCOc1ccccc1CN1CCCN(C(C)=O)c2ccccc2CN(C(=O)c2nnn(-c3ccc(OC)cc3)c2C)CC1. The summed E-state index contributed by atoms with van der Waals surface area (Å²) in [6.07, 6.45) is 0.786. The minimum absolute atomic E-state index is 0.0268. The number of anilines is 1. The van der Waals surface area contributed by atoms with Crippen LogP contribution in [-0.4, -0.2) is 76.5 Å². The lowest BCUT2D eigenvalue weighted by molar-refractivity contribution is -0.116. The Balaban J connectivity index is 1.47. The molecule has 10 heteroatoms. The van der Waals surface area contributed by atoms with Gasteiger partial charge in [0.1, 0.15) is 11.5 Å². The molecule has 0 fully saturated rings. The van der Waals surface area contributed by atoms with E-state index >= 15 is 0 Å². The minimum atomic E-state index is -0.208. The molecule has 4 aromatic rings. The van der Waals surface area contributed by atoms with E-state index in [1.54, 1.807) is 18.7 Å². The van der Waals surface area contributed by atoms with E-state index < -0.39 is 0 Å². The molecule has 0 bridgehead atoms. The smallest absolute Gasteiger partial charge is 0.276 e. The number of rotatable bonds is 7. The summed E-state index contributed by atoms with van der Waals surface area (Å²) in [5.41, 5.74) is 4.55. The molecule has 0 aliphatic carbocycles. The summed E-state index contributed by atoms with van der Waals surface area (Å²) < 4.78 is 12.9. The summed E-state index contributed by atoms with van der Waals surface area (Å²) in [7, 11) is 1.62. The van der Waals surface area contributed by atoms with Crippen LogP contribution < -0.4 is 14.4 Å². The van der Waals surface area contributed by atoms with Crippen LogP contribution in [0.4, 0.5) is 5.69 Å². The van der Waals surface area contributed by atoms with Gasteiger partial charge in [-0.25, -0.2) is 4.68 Å². The van der Waals surface area contributed by atoms with Crippen molar-refractivity contribution in [1.82, 2.24) is 24.8 Å². The molecule has 3 aromatic carbocycles. The number of para-hydroxylation sites is 2. The van der Waals surface area contributed by atoms with Crippen molar-refractivity contribution in [3.63, 3.8) is 0 Å². The van der Waals surface area contributed by atoms with Gasteiger partial charge in [0.25, 0.3) is 5.91 Å². The molecule has 0 spiro atoms. The molecule has 0 N–H and O–H groups in total. The van der Waals surface area contributed by atoms with E-state index in [9.17, 15) is 9.59 Å². The Morgan fingerprint density at radius 3 is 2.41 bits per heavy atom. The molecule has 2 amide bonds. The number of ether oxygens (including phenoxy) is 2. The van der Waals surface area contributed by atoms with Crippen LogP contribution in [0.15, 0.2) is 72.8 Å². The Hall–Kier alpha value is -4.70. The molecule has 5 rings (SSSR count). The fourth-order valence-electron chi connectivity index (χ4n) is 5.61. The third-order valence-corrected chi connectivity index (χ3v) is 7.93. The van der Waals surface area contributed by atoms with Crippen LogP contribution in [0.25, 0.3) is 5.69 Å². The van der Waals surface area contributed by atoms with Crippen LogP contribution in [0.5, 0.6) is 11.5 Å². The summed E-state index contributed by atoms with van der Waals surface area (Å²) in [4.78, 5) is 33.0. The highest BCUT2D eigenvalue weighted by atomic mass is 16.5. The topological polar surface area (TPSA) is 93.0 Å². The maximum absolute atomic E-state index is 14.2. The summed E-state index contributed by atoms with van der Waals surface area (Å²) in [5, 5.41) is 8.66. The number of nitrogens with zero attached hydrogens (tertiary/aromatic N) is 6. The van der Waals surface area contributed by atoms with E-state index in [1.165, 1.54) is 0 Å². The van der Waals surface area contributed by atoms with Crippen molar-refractivity contribution in [2.45, 2.75) is 40.3 Å². The molecule has 44 heavy (non-hydrogen) atoms. The molecular weight excluding hydrogens is 556 g/mol. The average Bonchev–Trinajstić information content (AvgIpc) is 3.41. The third kappa shape index (κ3) is 6.92. The first-order valence-corrected chi connectivity index (χ1v) is 15.0. The molecule has 0 atom stereocenters. The quantitative estimate of drug-likeness (QED) is 0.300. The number of carbonyl (C=O) groups is 2. The van der Waals surface area contributed by atoms with Gasteiger partial charge in [-0.1, -0.05) is 41.6 Å². The van der Waals surface area contributed by atoms with Crippen molar-refractivity contribution >= 4 is 17.5 Å². The summed E-state index contributed by atoms with van der Waals surface area (Å²) in [6.45, 7) is 9.45. The largest absolute Gasteiger partial charge is 0.497 e. The lowest BCUT2D eigenvalue weighted by atomic mass is 10.1. The second-order valence-electron chi connectivity index (χ2n) is 10.8. The molecule has 2 heterocycles. The zero-order chi connectivity index (χ0) is 31.1. The molecule has 0 radical (unpaired) electrons. The maximum Gasteiger partial charge on any atom is 0.276 e. The van der Waals surface area contributed by atoms with Crippen LogP contribution in [0.2, 0.25) is 0 Å². The number of benzene rings is 3. The first-order chi connectivity index (χ1) is 21.4. The Morgan fingerprint density at radius 2 is 1.66 bits per heavy atom. The standard InChI is InChI=1S/C34H40N6O4/c1-5-44-32-14-9-7-12-28(32)23-37-19-10-20-39(26(3)41)31-13-8-6-11-27(31)24-38(22-21-37)34(42)33-25(2)40(36-35-33)29-15-17-30(43-4)18-16-29/h6-9,11-18H,5,10,19-24H2,1-4H3. The number of hydrogen-bond donors (Lipinski definition) is 0. The highest BCUT2D eigenvalue weighted by Gasteiger charge is 2.27. The first kappa shape index (κ1) is 30.7. The molecule has 230 valence electrons. The van der Waals surface area contributed by atoms with Gasteiger partial charge in [-0.05, 0) is 62.2 Å². The van der Waals surface area contributed by atoms with Gasteiger partial charge in [-0.2, -0.15) is 0 Å². The van der Waals surface area contributed by atoms with E-state index in [2.05, 4.69) is 21.3 Å². The predicted molar refractivity (Wildman–Crippen MR) is 169 cm³/mol. The van der Waals surface area contributed by atoms with Gasteiger partial charge in [0, 0.05) is 57.4 Å². The van der Waals surface area contributed by atoms with Crippen molar-refractivity contribution in [3.8, 4) is 17.2 Å². The molecule has 10 nitrogen and oxygen atoms in total. The van der Waals surface area contributed by atoms with E-state index in [0.29, 0.717) is 50.7 Å². The molecule has 0 unspecified atom stereocenters. The number of aromatic nitrogens is 3. The Bertz CT molecular complexity index is 1580. The van der Waals surface area contributed by atoms with Gasteiger partial charge < -0.3 is 19.3 Å². The number of fused-ring (bicyclic) bond motifs is 1. The molecule has 1 aliphatic heterocycles. The highest BCUT2D eigenvalue weighted by molar-refractivity contribution is 5.94. The fraction of sp³-hybridized carbons (Fsp3) is 0.353. The van der Waals surface area contributed by atoms with Crippen LogP contribution >= 0.6 is 0 Å². The number of carbonyl (C=O) groups excluding carboxylic acids is 2. The van der Waals surface area contributed by atoms with Crippen molar-refractivity contribution in [2.24, 2.45) is 0 Å². The minimum Gasteiger partial charge on any atom is -0.497 e. The Kier molecular flexibility index (Phi) is 9.91. The Labute approximate surface area is 258 Å². The van der Waals surface area contributed by atoms with Gasteiger partial charge in [0.2, 0.25) is 5.91 Å². The van der Waals surface area contributed by atoms with E-state index in [-0.39, 0.29) is 11.8 Å². The van der Waals surface area contributed by atoms with Crippen LogP contribution in [0.3, 0.4) is 0 Å². The zero-order valence-corrected chi connectivity index (χ0v) is 25.9. The molecule has 0 saturated carbocycles. The fourth-order valence-corrected chi connectivity index (χ4v) is 5.61. The van der Waals surface area contributed by atoms with E-state index in [0.717, 1.165) is 47.0 Å². The third-order valence-electron chi connectivity index (χ3n) is 7.93. The van der Waals surface area contributed by atoms with E-state index in [4.69, 9.17) is 9.47 Å². The van der Waals surface area contributed by atoms with Crippen molar-refractivity contribution in [1.29, 1.82) is 0 Å². The van der Waals surface area contributed by atoms with Gasteiger partial charge in [0.15, 0.2) is 5.69 Å². The molecule has 1 aromatic heterocycles. The molecule has 0 saturated heterocycles. The van der Waals surface area contributed by atoms with Crippen LogP contribution in [0.1, 0.15) is 47.6 Å². The maximum atomic E-state index is 14.2. The van der Waals surface area contributed by atoms with Gasteiger partial charge in [-0.15, -0.1) is 5.10 Å². The summed E-state index contributed by atoms with van der Waals surface area (Å²) in [5.74, 6) is 1.36. The normalized spacial score (nSPS) is 14.5. The summed E-state index contributed by atoms with van der Waals surface area (Å²) >= 11 is 0. The van der Waals surface area contributed by atoms with Crippen LogP contribution in [0, 0.1) is 6.92 Å². The number of hydrogen-bond acceptors (Lipinski definition) is 7. The molecule has 1 aliphatic rings. The van der Waals surface area contributed by atoms with Crippen LogP contribution in [-0.2, 0) is 17.9 Å².